The van der Waals surface area contributed by atoms with Gasteiger partial charge in [0.1, 0.15) is 29.3 Å². The Kier molecular flexibility index (Phi) is 4.53. The zero-order valence-electron chi connectivity index (χ0n) is 16.8. The summed E-state index contributed by atoms with van der Waals surface area (Å²) in [6.07, 6.45) is 3.28. The summed E-state index contributed by atoms with van der Waals surface area (Å²) in [4.78, 5) is 30.6. The predicted molar refractivity (Wildman–Crippen MR) is 110 cm³/mol. The van der Waals surface area contributed by atoms with Gasteiger partial charge in [-0.05, 0) is 52.8 Å². The zero-order valence-corrected chi connectivity index (χ0v) is 17.6. The first-order chi connectivity index (χ1) is 13.6. The van der Waals surface area contributed by atoms with Crippen molar-refractivity contribution in [1.29, 1.82) is 0 Å². The lowest BCUT2D eigenvalue weighted by atomic mass is 10.2. The number of carbonyl (C=O) groups is 1. The first-order valence-corrected chi connectivity index (χ1v) is 9.59. The molecule has 1 aromatic carbocycles. The fraction of sp³-hybridized carbons (Fsp3) is 0.350. The van der Waals surface area contributed by atoms with E-state index in [2.05, 4.69) is 19.9 Å². The number of aryl methyl sites for hydroxylation is 1. The molecule has 1 atom stereocenters. The molecule has 8 nitrogen and oxygen atoms in total. The first kappa shape index (κ1) is 19.3. The summed E-state index contributed by atoms with van der Waals surface area (Å²) in [6, 6.07) is 4.84. The molecule has 0 aliphatic carbocycles. The van der Waals surface area contributed by atoms with Crippen molar-refractivity contribution in [2.75, 3.05) is 0 Å². The van der Waals surface area contributed by atoms with Crippen LogP contribution in [0.15, 0.2) is 30.7 Å². The highest BCUT2D eigenvalue weighted by Crippen LogP contribution is 2.24. The molecule has 3 aromatic heterocycles. The summed E-state index contributed by atoms with van der Waals surface area (Å²) in [6.45, 7) is 9.12. The molecule has 0 bridgehead atoms. The second kappa shape index (κ2) is 6.81. The van der Waals surface area contributed by atoms with E-state index in [-0.39, 0.29) is 5.97 Å². The van der Waals surface area contributed by atoms with Gasteiger partial charge in [0.25, 0.3) is 0 Å². The number of halogens is 1. The van der Waals surface area contributed by atoms with Crippen molar-refractivity contribution in [3.63, 3.8) is 0 Å². The fourth-order valence-corrected chi connectivity index (χ4v) is 3.37. The maximum absolute atomic E-state index is 12.6. The number of hydrogen-bond donors (Lipinski definition) is 0. The van der Waals surface area contributed by atoms with Crippen LogP contribution in [0.4, 0.5) is 0 Å². The van der Waals surface area contributed by atoms with Gasteiger partial charge in [-0.2, -0.15) is 4.98 Å². The van der Waals surface area contributed by atoms with Gasteiger partial charge in [0, 0.05) is 5.02 Å². The van der Waals surface area contributed by atoms with Crippen LogP contribution in [0.2, 0.25) is 5.02 Å². The van der Waals surface area contributed by atoms with Crippen LogP contribution in [0.25, 0.3) is 28.1 Å². The summed E-state index contributed by atoms with van der Waals surface area (Å²) in [7, 11) is 0. The predicted octanol–water partition coefficient (Wildman–Crippen LogP) is 4.03. The van der Waals surface area contributed by atoms with Gasteiger partial charge in [0.15, 0.2) is 5.65 Å². The number of benzene rings is 1. The Morgan fingerprint density at radius 1 is 1.17 bits per heavy atom. The summed E-state index contributed by atoms with van der Waals surface area (Å²) >= 11 is 6.14. The lowest BCUT2D eigenvalue weighted by molar-refractivity contribution is -0.158. The van der Waals surface area contributed by atoms with Gasteiger partial charge >= 0.3 is 5.97 Å². The molecule has 0 N–H and O–H groups in total. The number of fused-ring (bicyclic) bond motifs is 2. The Morgan fingerprint density at radius 3 is 2.66 bits per heavy atom. The van der Waals surface area contributed by atoms with Crippen molar-refractivity contribution in [2.45, 2.75) is 46.3 Å². The number of esters is 1. The Morgan fingerprint density at radius 2 is 1.93 bits per heavy atom. The quantitative estimate of drug-likeness (QED) is 0.472. The smallest absolute Gasteiger partial charge is 0.329 e. The maximum Gasteiger partial charge on any atom is 0.329 e. The van der Waals surface area contributed by atoms with Crippen molar-refractivity contribution < 1.29 is 9.53 Å². The molecule has 0 saturated carbocycles. The van der Waals surface area contributed by atoms with E-state index in [4.69, 9.17) is 16.3 Å². The standard InChI is InChI=1S/C20H21ClN6O2/c1-11(18(28)29-20(3,4)5)27-12(2)24-15-9-22-19(25-17(15)27)26-10-23-14-7-6-13(21)8-16(14)26/h6-11H,1-5H3/t11-/m1/s1. The fourth-order valence-electron chi connectivity index (χ4n) is 3.21. The Bertz CT molecular complexity index is 1240. The highest BCUT2D eigenvalue weighted by atomic mass is 35.5. The average Bonchev–Trinajstić information content (AvgIpc) is 3.18. The van der Waals surface area contributed by atoms with Crippen LogP contribution in [-0.4, -0.2) is 40.6 Å². The first-order valence-electron chi connectivity index (χ1n) is 9.21. The summed E-state index contributed by atoms with van der Waals surface area (Å²) in [5, 5.41) is 0.597. The van der Waals surface area contributed by atoms with Crippen molar-refractivity contribution >= 4 is 39.8 Å². The molecule has 0 radical (unpaired) electrons. The zero-order chi connectivity index (χ0) is 20.9. The topological polar surface area (TPSA) is 87.7 Å². The lowest BCUT2D eigenvalue weighted by Crippen LogP contribution is -2.29. The van der Waals surface area contributed by atoms with Gasteiger partial charge < -0.3 is 4.74 Å². The third kappa shape index (κ3) is 3.55. The van der Waals surface area contributed by atoms with Crippen LogP contribution in [-0.2, 0) is 9.53 Å². The van der Waals surface area contributed by atoms with Gasteiger partial charge in [-0.25, -0.2) is 19.7 Å². The highest BCUT2D eigenvalue weighted by Gasteiger charge is 2.26. The monoisotopic (exact) mass is 412 g/mol. The number of aromatic nitrogens is 6. The van der Waals surface area contributed by atoms with E-state index in [1.165, 1.54) is 0 Å². The van der Waals surface area contributed by atoms with Crippen LogP contribution in [0, 0.1) is 6.92 Å². The van der Waals surface area contributed by atoms with Crippen molar-refractivity contribution in [3.05, 3.63) is 41.6 Å². The minimum absolute atomic E-state index is 0.347. The van der Waals surface area contributed by atoms with Crippen molar-refractivity contribution in [1.82, 2.24) is 29.1 Å². The number of hydrogen-bond acceptors (Lipinski definition) is 6. The second-order valence-corrected chi connectivity index (χ2v) is 8.30. The minimum atomic E-state index is -0.587. The van der Waals surface area contributed by atoms with Crippen molar-refractivity contribution in [3.8, 4) is 5.95 Å². The third-order valence-electron chi connectivity index (χ3n) is 4.46. The summed E-state index contributed by atoms with van der Waals surface area (Å²) < 4.78 is 9.06. The highest BCUT2D eigenvalue weighted by molar-refractivity contribution is 6.31. The summed E-state index contributed by atoms with van der Waals surface area (Å²) in [5.74, 6) is 0.725. The van der Waals surface area contributed by atoms with Crippen molar-refractivity contribution in [2.24, 2.45) is 0 Å². The van der Waals surface area contributed by atoms with Crippen LogP contribution in [0.1, 0.15) is 39.6 Å². The molecule has 0 aliphatic rings. The molecular formula is C20H21ClN6O2. The Labute approximate surface area is 172 Å². The second-order valence-electron chi connectivity index (χ2n) is 7.86. The van der Waals surface area contributed by atoms with E-state index in [1.54, 1.807) is 34.6 Å². The van der Waals surface area contributed by atoms with Crippen LogP contribution < -0.4 is 0 Å². The molecule has 0 aliphatic heterocycles. The molecule has 4 rings (SSSR count). The Hall–Kier alpha value is -3.00. The molecule has 150 valence electrons. The normalized spacial score (nSPS) is 13.2. The molecular weight excluding hydrogens is 392 g/mol. The van der Waals surface area contributed by atoms with E-state index in [0.717, 1.165) is 11.0 Å². The van der Waals surface area contributed by atoms with E-state index < -0.39 is 11.6 Å². The molecule has 0 amide bonds. The van der Waals surface area contributed by atoms with Gasteiger partial charge in [-0.3, -0.25) is 9.13 Å². The molecule has 0 saturated heterocycles. The number of imidazole rings is 2. The molecule has 0 spiro atoms. The number of nitrogens with zero attached hydrogens (tertiary/aromatic N) is 6. The molecule has 29 heavy (non-hydrogen) atoms. The van der Waals surface area contributed by atoms with E-state index in [1.807, 2.05) is 39.8 Å². The molecule has 0 unspecified atom stereocenters. The number of carbonyl (C=O) groups excluding carboxylic acids is 1. The molecule has 4 aromatic rings. The van der Waals surface area contributed by atoms with E-state index in [9.17, 15) is 4.79 Å². The van der Waals surface area contributed by atoms with Gasteiger partial charge in [-0.15, -0.1) is 0 Å². The summed E-state index contributed by atoms with van der Waals surface area (Å²) in [5.41, 5.74) is 2.15. The van der Waals surface area contributed by atoms with Gasteiger partial charge in [0.05, 0.1) is 17.2 Å². The Balaban J connectivity index is 1.82. The van der Waals surface area contributed by atoms with Gasteiger partial charge in [-0.1, -0.05) is 11.6 Å². The number of ether oxygens (including phenoxy) is 1. The third-order valence-corrected chi connectivity index (χ3v) is 4.69. The van der Waals surface area contributed by atoms with Crippen LogP contribution >= 0.6 is 11.6 Å². The average molecular weight is 413 g/mol. The van der Waals surface area contributed by atoms with Gasteiger partial charge in [0.2, 0.25) is 5.95 Å². The maximum atomic E-state index is 12.6. The molecule has 0 fully saturated rings. The largest absolute Gasteiger partial charge is 0.458 e. The SMILES string of the molecule is Cc1nc2cnc(-n3cnc4ccc(Cl)cc43)nc2n1[C@H](C)C(=O)OC(C)(C)C. The van der Waals surface area contributed by atoms with Crippen LogP contribution in [0.5, 0.6) is 0 Å². The van der Waals surface area contributed by atoms with Crippen LogP contribution in [0.3, 0.4) is 0 Å². The lowest BCUT2D eigenvalue weighted by Gasteiger charge is -2.23. The van der Waals surface area contributed by atoms with E-state index >= 15 is 0 Å². The molecule has 9 heteroatoms. The molecule has 3 heterocycles. The minimum Gasteiger partial charge on any atom is -0.458 e. The number of rotatable bonds is 3. The van der Waals surface area contributed by atoms with E-state index in [0.29, 0.717) is 28.0 Å².